The molecule has 0 aliphatic carbocycles. The average molecular weight is 173 g/mol. The lowest BCUT2D eigenvalue weighted by Gasteiger charge is -2.13. The first kappa shape index (κ1) is 10.8. The van der Waals surface area contributed by atoms with Crippen LogP contribution >= 0.6 is 0 Å². The van der Waals surface area contributed by atoms with Crippen molar-refractivity contribution in [1.82, 2.24) is 4.90 Å². The fraction of sp³-hybridized carbons (Fsp3) is 0.625. The molecule has 0 saturated heterocycles. The molecule has 0 atom stereocenters. The third-order valence-electron chi connectivity index (χ3n) is 1.45. The van der Waals surface area contributed by atoms with Crippen LogP contribution in [0.1, 0.15) is 19.8 Å². The summed E-state index contributed by atoms with van der Waals surface area (Å²) < 4.78 is 0. The van der Waals surface area contributed by atoms with E-state index in [1.54, 1.807) is 14.1 Å². The summed E-state index contributed by atoms with van der Waals surface area (Å²) >= 11 is 0. The van der Waals surface area contributed by atoms with Crippen LogP contribution in [0.4, 0.5) is 0 Å². The Morgan fingerprint density at radius 1 is 1.33 bits per heavy atom. The molecule has 0 heterocycles. The highest BCUT2D eigenvalue weighted by Crippen LogP contribution is 2.10. The number of carboxylic acid groups (broad SMARTS) is 1. The zero-order valence-corrected chi connectivity index (χ0v) is 7.66. The van der Waals surface area contributed by atoms with Gasteiger partial charge in [0.2, 0.25) is 0 Å². The molecule has 0 aromatic rings. The van der Waals surface area contributed by atoms with Gasteiger partial charge in [0.25, 0.3) is 0 Å². The molecule has 0 aromatic heterocycles. The summed E-state index contributed by atoms with van der Waals surface area (Å²) in [6.07, 6.45) is 1.10. The zero-order valence-electron chi connectivity index (χ0n) is 7.66. The largest absolute Gasteiger partial charge is 0.494 e. The Kier molecular flexibility index (Phi) is 4.18. The van der Waals surface area contributed by atoms with Crippen LogP contribution in [0, 0.1) is 0 Å². The van der Waals surface area contributed by atoms with Gasteiger partial charge in [-0.05, 0) is 6.42 Å². The maximum Gasteiger partial charge on any atom is 0.336 e. The molecular formula is C8H15NO3. The molecule has 0 radical (unpaired) electrons. The van der Waals surface area contributed by atoms with Gasteiger partial charge >= 0.3 is 5.97 Å². The van der Waals surface area contributed by atoms with E-state index in [0.717, 1.165) is 0 Å². The lowest BCUT2D eigenvalue weighted by Crippen LogP contribution is -2.17. The standard InChI is InChI=1S/C8H15NO3/c1-4-5-6(8(11)12)7(10)9(2)3/h10H,4-5H2,1-3H3,(H,11,12). The van der Waals surface area contributed by atoms with Crippen molar-refractivity contribution in [3.8, 4) is 0 Å². The van der Waals surface area contributed by atoms with Gasteiger partial charge in [-0.2, -0.15) is 0 Å². The van der Waals surface area contributed by atoms with Crippen LogP contribution in [-0.4, -0.2) is 35.2 Å². The molecule has 0 aliphatic heterocycles. The van der Waals surface area contributed by atoms with Crippen LogP contribution in [0.3, 0.4) is 0 Å². The number of rotatable bonds is 4. The van der Waals surface area contributed by atoms with E-state index >= 15 is 0 Å². The Labute approximate surface area is 72.1 Å². The van der Waals surface area contributed by atoms with Gasteiger partial charge in [-0.15, -0.1) is 0 Å². The summed E-state index contributed by atoms with van der Waals surface area (Å²) in [6, 6.07) is 0. The molecule has 0 saturated carbocycles. The van der Waals surface area contributed by atoms with Gasteiger partial charge in [-0.1, -0.05) is 13.3 Å². The van der Waals surface area contributed by atoms with Gasteiger partial charge in [0, 0.05) is 14.1 Å². The molecule has 4 heteroatoms. The summed E-state index contributed by atoms with van der Waals surface area (Å²) in [7, 11) is 3.21. The van der Waals surface area contributed by atoms with E-state index < -0.39 is 5.97 Å². The first-order valence-electron chi connectivity index (χ1n) is 3.83. The molecule has 0 aromatic carbocycles. The number of hydrogen-bond donors (Lipinski definition) is 2. The van der Waals surface area contributed by atoms with Crippen LogP contribution in [0.15, 0.2) is 11.5 Å². The number of hydrogen-bond acceptors (Lipinski definition) is 3. The normalized spacial score (nSPS) is 12.2. The number of carboxylic acids is 1. The van der Waals surface area contributed by atoms with Crippen LogP contribution < -0.4 is 0 Å². The lowest BCUT2D eigenvalue weighted by molar-refractivity contribution is -0.133. The number of nitrogens with zero attached hydrogens (tertiary/aromatic N) is 1. The molecular weight excluding hydrogens is 158 g/mol. The summed E-state index contributed by atoms with van der Waals surface area (Å²) in [6.45, 7) is 1.87. The zero-order chi connectivity index (χ0) is 9.72. The molecule has 0 fully saturated rings. The number of aliphatic hydroxyl groups is 1. The van der Waals surface area contributed by atoms with E-state index in [-0.39, 0.29) is 11.5 Å². The van der Waals surface area contributed by atoms with Crippen molar-refractivity contribution in [2.24, 2.45) is 0 Å². The SMILES string of the molecule is CCCC(C(=O)O)=C(O)N(C)C. The second-order valence-corrected chi connectivity index (χ2v) is 2.75. The van der Waals surface area contributed by atoms with Crippen molar-refractivity contribution in [3.63, 3.8) is 0 Å². The third kappa shape index (κ3) is 2.82. The number of aliphatic hydroxyl groups excluding tert-OH is 1. The molecule has 70 valence electrons. The maximum absolute atomic E-state index is 10.6. The fourth-order valence-electron chi connectivity index (χ4n) is 0.834. The van der Waals surface area contributed by atoms with E-state index in [0.29, 0.717) is 12.8 Å². The number of carbonyl (C=O) groups is 1. The first-order chi connectivity index (χ1) is 5.50. The van der Waals surface area contributed by atoms with Gasteiger partial charge < -0.3 is 15.1 Å². The number of aliphatic carboxylic acids is 1. The Bertz CT molecular complexity index is 196. The molecule has 0 rings (SSSR count). The Balaban J connectivity index is 4.67. The molecule has 2 N–H and O–H groups in total. The highest BCUT2D eigenvalue weighted by atomic mass is 16.4. The Hall–Kier alpha value is -1.19. The van der Waals surface area contributed by atoms with Gasteiger partial charge in [-0.3, -0.25) is 0 Å². The van der Waals surface area contributed by atoms with Gasteiger partial charge in [0.1, 0.15) is 0 Å². The van der Waals surface area contributed by atoms with Crippen molar-refractivity contribution in [1.29, 1.82) is 0 Å². The quantitative estimate of drug-likeness (QED) is 0.495. The summed E-state index contributed by atoms with van der Waals surface area (Å²) in [5, 5.41) is 18.0. The molecule has 0 spiro atoms. The van der Waals surface area contributed by atoms with E-state index in [2.05, 4.69) is 0 Å². The summed E-state index contributed by atoms with van der Waals surface area (Å²) in [5.41, 5.74) is 0.0718. The molecule has 12 heavy (non-hydrogen) atoms. The van der Waals surface area contributed by atoms with E-state index in [9.17, 15) is 9.90 Å². The van der Waals surface area contributed by atoms with Crippen LogP contribution in [-0.2, 0) is 4.79 Å². The van der Waals surface area contributed by atoms with Gasteiger partial charge in [0.15, 0.2) is 5.88 Å². The predicted octanol–water partition coefficient (Wildman–Crippen LogP) is 1.20. The molecule has 0 bridgehead atoms. The van der Waals surface area contributed by atoms with Crippen molar-refractivity contribution in [2.45, 2.75) is 19.8 Å². The maximum atomic E-state index is 10.6. The topological polar surface area (TPSA) is 60.8 Å². The second kappa shape index (κ2) is 4.64. The molecule has 0 aliphatic rings. The van der Waals surface area contributed by atoms with Crippen molar-refractivity contribution >= 4 is 5.97 Å². The van der Waals surface area contributed by atoms with E-state index in [1.165, 1.54) is 4.90 Å². The highest BCUT2D eigenvalue weighted by molar-refractivity contribution is 5.86. The first-order valence-corrected chi connectivity index (χ1v) is 3.83. The van der Waals surface area contributed by atoms with Crippen molar-refractivity contribution in [2.75, 3.05) is 14.1 Å². The third-order valence-corrected chi connectivity index (χ3v) is 1.45. The smallest absolute Gasteiger partial charge is 0.336 e. The summed E-state index contributed by atoms with van der Waals surface area (Å²) in [5.74, 6) is -1.22. The highest BCUT2D eigenvalue weighted by Gasteiger charge is 2.13. The minimum Gasteiger partial charge on any atom is -0.494 e. The monoisotopic (exact) mass is 173 g/mol. The molecule has 0 unspecified atom stereocenters. The Morgan fingerprint density at radius 3 is 2.08 bits per heavy atom. The van der Waals surface area contributed by atoms with Crippen molar-refractivity contribution in [3.05, 3.63) is 11.5 Å². The van der Waals surface area contributed by atoms with E-state index in [1.807, 2.05) is 6.92 Å². The van der Waals surface area contributed by atoms with Crippen LogP contribution in [0.2, 0.25) is 0 Å². The second-order valence-electron chi connectivity index (χ2n) is 2.75. The molecule has 0 amide bonds. The van der Waals surface area contributed by atoms with Crippen LogP contribution in [0.25, 0.3) is 0 Å². The average Bonchev–Trinajstić information content (AvgIpc) is 1.98. The lowest BCUT2D eigenvalue weighted by atomic mass is 10.1. The van der Waals surface area contributed by atoms with Crippen molar-refractivity contribution < 1.29 is 15.0 Å². The van der Waals surface area contributed by atoms with Gasteiger partial charge in [-0.25, -0.2) is 4.79 Å². The predicted molar refractivity (Wildman–Crippen MR) is 45.9 cm³/mol. The van der Waals surface area contributed by atoms with Gasteiger partial charge in [0.05, 0.1) is 5.57 Å². The molecule has 4 nitrogen and oxygen atoms in total. The van der Waals surface area contributed by atoms with Crippen LogP contribution in [0.5, 0.6) is 0 Å². The fourth-order valence-corrected chi connectivity index (χ4v) is 0.834. The minimum absolute atomic E-state index is 0.0718. The van der Waals surface area contributed by atoms with E-state index in [4.69, 9.17) is 5.11 Å². The minimum atomic E-state index is -1.05. The Morgan fingerprint density at radius 2 is 1.83 bits per heavy atom. The summed E-state index contributed by atoms with van der Waals surface area (Å²) in [4.78, 5) is 12.0.